The van der Waals surface area contributed by atoms with Crippen molar-refractivity contribution in [3.05, 3.63) is 59.7 Å². The molecule has 0 saturated carbocycles. The number of rotatable bonds is 9. The van der Waals surface area contributed by atoms with Crippen LogP contribution in [0.5, 0.6) is 0 Å². The molecule has 162 valence electrons. The van der Waals surface area contributed by atoms with Gasteiger partial charge in [-0.25, -0.2) is 4.79 Å². The first-order valence-electron chi connectivity index (χ1n) is 10.4. The summed E-state index contributed by atoms with van der Waals surface area (Å²) in [6.07, 6.45) is 0.123. The number of carbonyl (C=O) groups is 1. The average Bonchev–Trinajstić information content (AvgIpc) is 3.04. The normalized spacial score (nSPS) is 14.1. The summed E-state index contributed by atoms with van der Waals surface area (Å²) in [5.41, 5.74) is 4.83. The number of carbonyl (C=O) groups excluding carboxylic acids is 1. The average molecular weight is 449 g/mol. The Morgan fingerprint density at radius 2 is 1.57 bits per heavy atom. The number of nitrogens with zero attached hydrogens (tertiary/aromatic N) is 1. The molecule has 0 bridgehead atoms. The van der Waals surface area contributed by atoms with Crippen LogP contribution in [-0.2, 0) is 9.36 Å². The maximum absolute atomic E-state index is 12.2. The van der Waals surface area contributed by atoms with Crippen molar-refractivity contribution in [2.24, 2.45) is 0 Å². The highest BCUT2D eigenvalue weighted by atomic mass is 35.7. The van der Waals surface area contributed by atoms with Crippen molar-refractivity contribution in [2.75, 3.05) is 19.3 Å². The largest absolute Gasteiger partial charge is 0.449 e. The van der Waals surface area contributed by atoms with Gasteiger partial charge in [0.2, 0.25) is 0 Å². The van der Waals surface area contributed by atoms with Gasteiger partial charge < -0.3 is 10.1 Å². The molecule has 5 nitrogen and oxygen atoms in total. The summed E-state index contributed by atoms with van der Waals surface area (Å²) < 4.78 is 11.4. The van der Waals surface area contributed by atoms with Crippen molar-refractivity contribution >= 4 is 24.8 Å². The first-order valence-corrected chi connectivity index (χ1v) is 12.7. The highest BCUT2D eigenvalue weighted by Gasteiger charge is 2.29. The second-order valence-corrected chi connectivity index (χ2v) is 10.3. The first-order chi connectivity index (χ1) is 14.4. The third kappa shape index (κ3) is 5.53. The van der Waals surface area contributed by atoms with E-state index in [1.807, 2.05) is 29.3 Å². The zero-order chi connectivity index (χ0) is 21.7. The van der Waals surface area contributed by atoms with E-state index in [0.717, 1.165) is 0 Å². The number of hydroxylamine groups is 2. The van der Waals surface area contributed by atoms with Gasteiger partial charge >= 0.3 is 6.09 Å². The minimum atomic E-state index is -1.17. The second-order valence-electron chi connectivity index (χ2n) is 7.92. The second kappa shape index (κ2) is 10.6. The van der Waals surface area contributed by atoms with Gasteiger partial charge in [0.1, 0.15) is 6.61 Å². The Kier molecular flexibility index (Phi) is 8.13. The Morgan fingerprint density at radius 1 is 1.03 bits per heavy atom. The Balaban J connectivity index is 1.48. The van der Waals surface area contributed by atoms with Crippen LogP contribution < -0.4 is 5.32 Å². The highest BCUT2D eigenvalue weighted by molar-refractivity contribution is 7.80. The number of amides is 1. The van der Waals surface area contributed by atoms with E-state index in [1.54, 1.807) is 0 Å². The fourth-order valence-corrected chi connectivity index (χ4v) is 5.24. The SMILES string of the molecule is CC(C)N(OP(Cl)CCNC(=O)OCC1c2ccccc2-c2ccccc21)C(C)C. The molecular formula is C23H30ClN2O3P. The van der Waals surface area contributed by atoms with Gasteiger partial charge in [-0.15, -0.1) is 0 Å². The van der Waals surface area contributed by atoms with Crippen molar-refractivity contribution in [1.82, 2.24) is 10.4 Å². The van der Waals surface area contributed by atoms with E-state index in [0.29, 0.717) is 19.3 Å². The molecule has 7 heteroatoms. The number of benzene rings is 2. The molecule has 1 aliphatic rings. The fourth-order valence-electron chi connectivity index (χ4n) is 3.82. The molecule has 0 spiro atoms. The van der Waals surface area contributed by atoms with E-state index < -0.39 is 13.6 Å². The van der Waals surface area contributed by atoms with Crippen LogP contribution >= 0.6 is 18.7 Å². The Labute approximate surface area is 185 Å². The van der Waals surface area contributed by atoms with Crippen LogP contribution in [0, 0.1) is 0 Å². The van der Waals surface area contributed by atoms with Gasteiger partial charge in [-0.1, -0.05) is 59.8 Å². The maximum Gasteiger partial charge on any atom is 0.407 e. The molecule has 1 atom stereocenters. The topological polar surface area (TPSA) is 50.8 Å². The van der Waals surface area contributed by atoms with Crippen molar-refractivity contribution in [3.63, 3.8) is 0 Å². The Bertz CT molecular complexity index is 808. The standard InChI is InChI=1S/C23H30ClN2O3P/c1-16(2)26(17(3)4)29-30(24)14-13-25-23(27)28-15-22-20-11-7-5-9-18(20)19-10-6-8-12-21(19)22/h5-12,16-17,22H,13-15H2,1-4H3,(H,25,27). The molecule has 1 N–H and O–H groups in total. The molecule has 2 aromatic carbocycles. The van der Waals surface area contributed by atoms with E-state index in [1.165, 1.54) is 22.3 Å². The zero-order valence-electron chi connectivity index (χ0n) is 18.0. The van der Waals surface area contributed by atoms with E-state index in [9.17, 15) is 4.79 Å². The molecule has 0 fully saturated rings. The molecule has 0 aliphatic heterocycles. The van der Waals surface area contributed by atoms with Gasteiger partial charge in [-0.3, -0.25) is 4.62 Å². The summed E-state index contributed by atoms with van der Waals surface area (Å²) in [6, 6.07) is 17.1. The third-order valence-electron chi connectivity index (χ3n) is 5.10. The summed E-state index contributed by atoms with van der Waals surface area (Å²) in [6.45, 7) is 8.98. The summed E-state index contributed by atoms with van der Waals surface area (Å²) in [7, 11) is -1.17. The van der Waals surface area contributed by atoms with Crippen LogP contribution in [0.4, 0.5) is 4.79 Å². The fraction of sp³-hybridized carbons (Fsp3) is 0.435. The van der Waals surface area contributed by atoms with Crippen LogP contribution in [0.15, 0.2) is 48.5 Å². The van der Waals surface area contributed by atoms with Crippen molar-refractivity contribution < 1.29 is 14.2 Å². The summed E-state index contributed by atoms with van der Waals surface area (Å²) in [5, 5.41) is 4.68. The molecule has 30 heavy (non-hydrogen) atoms. The van der Waals surface area contributed by atoms with Crippen LogP contribution in [0.1, 0.15) is 44.7 Å². The monoisotopic (exact) mass is 448 g/mol. The number of halogens is 1. The molecule has 0 saturated heterocycles. The maximum atomic E-state index is 12.2. The number of ether oxygens (including phenoxy) is 1. The van der Waals surface area contributed by atoms with Gasteiger partial charge in [0.05, 0.1) is 0 Å². The van der Waals surface area contributed by atoms with Crippen LogP contribution in [-0.4, -0.2) is 42.6 Å². The molecule has 1 unspecified atom stereocenters. The molecule has 1 amide bonds. The number of alkyl carbamates (subject to hydrolysis) is 1. The summed E-state index contributed by atoms with van der Waals surface area (Å²) in [4.78, 5) is 12.2. The Morgan fingerprint density at radius 3 is 2.10 bits per heavy atom. The van der Waals surface area contributed by atoms with Crippen LogP contribution in [0.25, 0.3) is 11.1 Å². The summed E-state index contributed by atoms with van der Waals surface area (Å²) in [5.74, 6) is 0.0577. The van der Waals surface area contributed by atoms with Gasteiger partial charge in [0.15, 0.2) is 7.50 Å². The predicted molar refractivity (Wildman–Crippen MR) is 124 cm³/mol. The van der Waals surface area contributed by atoms with Crippen LogP contribution in [0.3, 0.4) is 0 Å². The molecular weight excluding hydrogens is 419 g/mol. The highest BCUT2D eigenvalue weighted by Crippen LogP contribution is 2.45. The van der Waals surface area contributed by atoms with E-state index >= 15 is 0 Å². The number of nitrogens with one attached hydrogen (secondary N) is 1. The van der Waals surface area contributed by atoms with Crippen molar-refractivity contribution in [1.29, 1.82) is 0 Å². The minimum Gasteiger partial charge on any atom is -0.449 e. The number of fused-ring (bicyclic) bond motifs is 3. The van der Waals surface area contributed by atoms with E-state index in [-0.39, 0.29) is 18.0 Å². The first kappa shape index (κ1) is 23.0. The quantitative estimate of drug-likeness (QED) is 0.370. The third-order valence-corrected chi connectivity index (χ3v) is 6.73. The minimum absolute atomic E-state index is 0.0577. The van der Waals surface area contributed by atoms with Crippen LogP contribution in [0.2, 0.25) is 0 Å². The lowest BCUT2D eigenvalue weighted by atomic mass is 9.98. The molecule has 3 rings (SSSR count). The molecule has 0 heterocycles. The number of hydrogen-bond acceptors (Lipinski definition) is 4. The molecule has 2 aromatic rings. The summed E-state index contributed by atoms with van der Waals surface area (Å²) >= 11 is 6.35. The lowest BCUT2D eigenvalue weighted by Gasteiger charge is -2.30. The zero-order valence-corrected chi connectivity index (χ0v) is 19.6. The van der Waals surface area contributed by atoms with Crippen molar-refractivity contribution in [3.8, 4) is 11.1 Å². The van der Waals surface area contributed by atoms with E-state index in [4.69, 9.17) is 20.6 Å². The smallest absolute Gasteiger partial charge is 0.407 e. The predicted octanol–water partition coefficient (Wildman–Crippen LogP) is 6.13. The lowest BCUT2D eigenvalue weighted by molar-refractivity contribution is -0.0998. The van der Waals surface area contributed by atoms with Gasteiger partial charge in [-0.05, 0) is 49.9 Å². The Hall–Kier alpha value is -1.65. The molecule has 1 aliphatic carbocycles. The van der Waals surface area contributed by atoms with Gasteiger partial charge in [0, 0.05) is 30.7 Å². The number of hydrogen-bond donors (Lipinski definition) is 1. The molecule has 0 aromatic heterocycles. The van der Waals surface area contributed by atoms with Crippen molar-refractivity contribution in [2.45, 2.75) is 45.7 Å². The lowest BCUT2D eigenvalue weighted by Crippen LogP contribution is -2.36. The van der Waals surface area contributed by atoms with Gasteiger partial charge in [0.25, 0.3) is 0 Å². The molecule has 0 radical (unpaired) electrons. The van der Waals surface area contributed by atoms with Gasteiger partial charge in [-0.2, -0.15) is 5.06 Å². The van der Waals surface area contributed by atoms with E-state index in [2.05, 4.69) is 57.3 Å².